The highest BCUT2D eigenvalue weighted by molar-refractivity contribution is 5.02. The highest BCUT2D eigenvalue weighted by Crippen LogP contribution is 2.19. The van der Waals surface area contributed by atoms with Crippen molar-refractivity contribution in [3.8, 4) is 0 Å². The van der Waals surface area contributed by atoms with Gasteiger partial charge in [0.1, 0.15) is 11.6 Å². The van der Waals surface area contributed by atoms with E-state index in [-0.39, 0.29) is 6.04 Å². The molecule has 0 saturated heterocycles. The van der Waals surface area contributed by atoms with Crippen LogP contribution in [-0.2, 0) is 13.0 Å². The highest BCUT2D eigenvalue weighted by atomic mass is 15.3. The van der Waals surface area contributed by atoms with Crippen LogP contribution in [0.15, 0.2) is 0 Å². The number of aryl methyl sites for hydroxylation is 1. The van der Waals surface area contributed by atoms with Crippen LogP contribution >= 0.6 is 0 Å². The Hall–Kier alpha value is -0.900. The van der Waals surface area contributed by atoms with E-state index >= 15 is 0 Å². The lowest BCUT2D eigenvalue weighted by molar-refractivity contribution is 0.480. The van der Waals surface area contributed by atoms with Crippen molar-refractivity contribution in [3.63, 3.8) is 0 Å². The van der Waals surface area contributed by atoms with Crippen molar-refractivity contribution < 1.29 is 0 Å². The number of fused-ring (bicyclic) bond motifs is 1. The van der Waals surface area contributed by atoms with Crippen LogP contribution in [0, 0.1) is 0 Å². The summed E-state index contributed by atoms with van der Waals surface area (Å²) in [7, 11) is 0. The summed E-state index contributed by atoms with van der Waals surface area (Å²) in [5.74, 6) is 2.11. The van der Waals surface area contributed by atoms with E-state index in [2.05, 4.69) is 21.7 Å². The Kier molecular flexibility index (Phi) is 2.82. The van der Waals surface area contributed by atoms with Crippen molar-refractivity contribution in [2.75, 3.05) is 0 Å². The topological polar surface area (TPSA) is 56.7 Å². The van der Waals surface area contributed by atoms with E-state index in [0.29, 0.717) is 0 Å². The van der Waals surface area contributed by atoms with E-state index in [9.17, 15) is 0 Å². The fourth-order valence-electron chi connectivity index (χ4n) is 2.05. The lowest BCUT2D eigenvalue weighted by Crippen LogP contribution is -2.19. The number of nitrogens with two attached hydrogens (primary N) is 1. The minimum Gasteiger partial charge on any atom is -0.321 e. The monoisotopic (exact) mass is 194 g/mol. The summed E-state index contributed by atoms with van der Waals surface area (Å²) in [4.78, 5) is 0. The number of nitrogens with zero attached hydrogens (tertiary/aromatic N) is 3. The van der Waals surface area contributed by atoms with E-state index in [1.54, 1.807) is 0 Å². The van der Waals surface area contributed by atoms with Crippen LogP contribution in [0.3, 0.4) is 0 Å². The summed E-state index contributed by atoms with van der Waals surface area (Å²) in [5.41, 5.74) is 6.05. The van der Waals surface area contributed by atoms with Crippen LogP contribution in [0.2, 0.25) is 0 Å². The Bertz CT molecular complexity index is 305. The molecule has 0 bridgehead atoms. The fraction of sp³-hybridized carbons (Fsp3) is 0.800. The molecule has 4 heteroatoms. The molecule has 0 saturated carbocycles. The normalized spacial score (nSPS) is 17.9. The third-order valence-corrected chi connectivity index (χ3v) is 2.82. The molecule has 0 fully saturated rings. The summed E-state index contributed by atoms with van der Waals surface area (Å²) in [6.07, 6.45) is 5.63. The Morgan fingerprint density at radius 1 is 1.43 bits per heavy atom. The molecule has 0 aliphatic carbocycles. The summed E-state index contributed by atoms with van der Waals surface area (Å²) < 4.78 is 2.21. The van der Waals surface area contributed by atoms with Crippen molar-refractivity contribution >= 4 is 0 Å². The van der Waals surface area contributed by atoms with E-state index < -0.39 is 0 Å². The number of rotatable bonds is 3. The molecule has 1 unspecified atom stereocenters. The van der Waals surface area contributed by atoms with E-state index in [1.165, 1.54) is 12.8 Å². The smallest absolute Gasteiger partial charge is 0.149 e. The zero-order chi connectivity index (χ0) is 9.97. The second kappa shape index (κ2) is 4.09. The van der Waals surface area contributed by atoms with E-state index in [1.807, 2.05) is 0 Å². The SMILES string of the molecule is CCCC(N)c1nnc2n1CCCC2. The Morgan fingerprint density at radius 3 is 3.07 bits per heavy atom. The molecule has 0 amide bonds. The maximum absolute atomic E-state index is 6.05. The van der Waals surface area contributed by atoms with Gasteiger partial charge in [-0.15, -0.1) is 10.2 Å². The molecule has 0 aromatic carbocycles. The zero-order valence-electron chi connectivity index (χ0n) is 8.74. The highest BCUT2D eigenvalue weighted by Gasteiger charge is 2.19. The molecule has 4 nitrogen and oxygen atoms in total. The van der Waals surface area contributed by atoms with Gasteiger partial charge in [0.05, 0.1) is 6.04 Å². The van der Waals surface area contributed by atoms with Gasteiger partial charge in [0.2, 0.25) is 0 Å². The summed E-state index contributed by atoms with van der Waals surface area (Å²) in [6, 6.07) is 0.0688. The summed E-state index contributed by atoms with van der Waals surface area (Å²) in [6.45, 7) is 3.20. The van der Waals surface area contributed by atoms with Gasteiger partial charge in [0, 0.05) is 13.0 Å². The van der Waals surface area contributed by atoms with Gasteiger partial charge in [0.15, 0.2) is 0 Å². The van der Waals surface area contributed by atoms with Gasteiger partial charge in [0.25, 0.3) is 0 Å². The van der Waals surface area contributed by atoms with Crippen LogP contribution < -0.4 is 5.73 Å². The van der Waals surface area contributed by atoms with E-state index in [4.69, 9.17) is 5.73 Å². The first kappa shape index (κ1) is 9.65. The number of hydrogen-bond donors (Lipinski definition) is 1. The third kappa shape index (κ3) is 1.66. The molecule has 14 heavy (non-hydrogen) atoms. The lowest BCUT2D eigenvalue weighted by Gasteiger charge is -2.17. The second-order valence-electron chi connectivity index (χ2n) is 3.98. The predicted octanol–water partition coefficient (Wildman–Crippen LogP) is 1.41. The van der Waals surface area contributed by atoms with Gasteiger partial charge in [-0.05, 0) is 19.3 Å². The Labute approximate surface area is 84.5 Å². The molecule has 78 valence electrons. The minimum absolute atomic E-state index is 0.0688. The zero-order valence-corrected chi connectivity index (χ0v) is 8.74. The molecule has 1 aromatic rings. The molecule has 2 heterocycles. The van der Waals surface area contributed by atoms with Gasteiger partial charge in [-0.3, -0.25) is 0 Å². The van der Waals surface area contributed by atoms with Gasteiger partial charge in [-0.25, -0.2) is 0 Å². The van der Waals surface area contributed by atoms with Crippen LogP contribution in [0.5, 0.6) is 0 Å². The standard InChI is InChI=1S/C10H18N4/c1-2-5-8(11)10-13-12-9-6-3-4-7-14(9)10/h8H,2-7,11H2,1H3. The lowest BCUT2D eigenvalue weighted by atomic mass is 10.1. The first-order chi connectivity index (χ1) is 6.83. The molecule has 0 spiro atoms. The predicted molar refractivity (Wildman–Crippen MR) is 54.8 cm³/mol. The summed E-state index contributed by atoms with van der Waals surface area (Å²) in [5, 5.41) is 8.40. The largest absolute Gasteiger partial charge is 0.321 e. The van der Waals surface area contributed by atoms with Crippen LogP contribution in [-0.4, -0.2) is 14.8 Å². The number of hydrogen-bond acceptors (Lipinski definition) is 3. The number of aromatic nitrogens is 3. The molecule has 2 N–H and O–H groups in total. The van der Waals surface area contributed by atoms with Crippen molar-refractivity contribution in [3.05, 3.63) is 11.6 Å². The maximum Gasteiger partial charge on any atom is 0.149 e. The first-order valence-electron chi connectivity index (χ1n) is 5.50. The molecular formula is C10H18N4. The van der Waals surface area contributed by atoms with Crippen molar-refractivity contribution in [2.24, 2.45) is 5.73 Å². The maximum atomic E-state index is 6.05. The summed E-state index contributed by atoms with van der Waals surface area (Å²) >= 11 is 0. The Balaban J connectivity index is 2.21. The quantitative estimate of drug-likeness (QED) is 0.791. The van der Waals surface area contributed by atoms with Gasteiger partial charge in [-0.2, -0.15) is 0 Å². The van der Waals surface area contributed by atoms with Crippen molar-refractivity contribution in [1.82, 2.24) is 14.8 Å². The fourth-order valence-corrected chi connectivity index (χ4v) is 2.05. The molecule has 1 aromatic heterocycles. The Morgan fingerprint density at radius 2 is 2.29 bits per heavy atom. The average molecular weight is 194 g/mol. The van der Waals surface area contributed by atoms with Crippen molar-refractivity contribution in [2.45, 2.75) is 51.6 Å². The first-order valence-corrected chi connectivity index (χ1v) is 5.50. The van der Waals surface area contributed by atoms with Crippen LogP contribution in [0.4, 0.5) is 0 Å². The van der Waals surface area contributed by atoms with E-state index in [0.717, 1.165) is 37.5 Å². The average Bonchev–Trinajstić information content (AvgIpc) is 2.61. The van der Waals surface area contributed by atoms with Crippen molar-refractivity contribution in [1.29, 1.82) is 0 Å². The van der Waals surface area contributed by atoms with Crippen LogP contribution in [0.1, 0.15) is 50.3 Å². The second-order valence-corrected chi connectivity index (χ2v) is 3.98. The minimum atomic E-state index is 0.0688. The van der Waals surface area contributed by atoms with Gasteiger partial charge in [-0.1, -0.05) is 13.3 Å². The third-order valence-electron chi connectivity index (χ3n) is 2.82. The van der Waals surface area contributed by atoms with Gasteiger partial charge >= 0.3 is 0 Å². The van der Waals surface area contributed by atoms with Crippen LogP contribution in [0.25, 0.3) is 0 Å². The molecule has 1 atom stereocenters. The molecule has 1 aliphatic heterocycles. The molecule has 1 aliphatic rings. The molecule has 0 radical (unpaired) electrons. The molecule has 2 rings (SSSR count). The molecular weight excluding hydrogens is 176 g/mol. The van der Waals surface area contributed by atoms with Gasteiger partial charge < -0.3 is 10.3 Å².